The van der Waals surface area contributed by atoms with E-state index in [9.17, 15) is 0 Å². The van der Waals surface area contributed by atoms with E-state index in [1.807, 2.05) is 30.3 Å². The highest BCUT2D eigenvalue weighted by molar-refractivity contribution is 5.35. The lowest BCUT2D eigenvalue weighted by Gasteiger charge is -2.10. The average Bonchev–Trinajstić information content (AvgIpc) is 2.52. The van der Waals surface area contributed by atoms with Crippen LogP contribution in [-0.2, 0) is 12.8 Å². The molecule has 0 saturated heterocycles. The Balaban J connectivity index is 2.00. The van der Waals surface area contributed by atoms with Crippen molar-refractivity contribution in [3.05, 3.63) is 72.3 Å². The quantitative estimate of drug-likeness (QED) is 0.705. The van der Waals surface area contributed by atoms with Crippen molar-refractivity contribution in [1.82, 2.24) is 0 Å². The average molecular weight is 268 g/mol. The van der Waals surface area contributed by atoms with E-state index in [4.69, 9.17) is 9.47 Å². The van der Waals surface area contributed by atoms with Gasteiger partial charge >= 0.3 is 0 Å². The fourth-order valence-electron chi connectivity index (χ4n) is 2.07. The van der Waals surface area contributed by atoms with Gasteiger partial charge < -0.3 is 9.47 Å². The molecule has 0 unspecified atom stereocenters. The molecule has 2 nitrogen and oxygen atoms in total. The van der Waals surface area contributed by atoms with E-state index in [0.717, 1.165) is 24.3 Å². The van der Waals surface area contributed by atoms with Gasteiger partial charge in [0.1, 0.15) is 18.1 Å². The van der Waals surface area contributed by atoms with Crippen LogP contribution in [0.5, 0.6) is 11.5 Å². The Bertz CT molecular complexity index is 544. The summed E-state index contributed by atoms with van der Waals surface area (Å²) in [7, 11) is 1.68. The van der Waals surface area contributed by atoms with Crippen LogP contribution in [0.3, 0.4) is 0 Å². The number of ether oxygens (including phenoxy) is 2. The largest absolute Gasteiger partial charge is 0.497 e. The van der Waals surface area contributed by atoms with E-state index >= 15 is 0 Å². The summed E-state index contributed by atoms with van der Waals surface area (Å²) in [6, 6.07) is 16.4. The molecule has 0 spiro atoms. The number of rotatable bonds is 7. The van der Waals surface area contributed by atoms with Crippen molar-refractivity contribution in [2.45, 2.75) is 12.8 Å². The SMILES string of the molecule is C=CCOc1ccccc1CCc1ccc(OC)cc1. The summed E-state index contributed by atoms with van der Waals surface area (Å²) in [6.07, 6.45) is 3.71. The number of benzene rings is 2. The smallest absolute Gasteiger partial charge is 0.122 e. The van der Waals surface area contributed by atoms with Crippen molar-refractivity contribution in [3.8, 4) is 11.5 Å². The van der Waals surface area contributed by atoms with Gasteiger partial charge in [-0.05, 0) is 42.2 Å². The molecule has 0 aliphatic heterocycles. The molecule has 0 radical (unpaired) electrons. The molecule has 0 bridgehead atoms. The first-order valence-corrected chi connectivity index (χ1v) is 6.78. The van der Waals surface area contributed by atoms with Crippen molar-refractivity contribution < 1.29 is 9.47 Å². The standard InChI is InChI=1S/C18H20O2/c1-3-14-20-18-7-5-4-6-16(18)11-8-15-9-12-17(19-2)13-10-15/h3-7,9-10,12-13H,1,8,11,14H2,2H3. The summed E-state index contributed by atoms with van der Waals surface area (Å²) in [5.74, 6) is 1.84. The molecule has 2 aromatic carbocycles. The molecular formula is C18H20O2. The molecule has 104 valence electrons. The molecule has 0 aromatic heterocycles. The summed E-state index contributed by atoms with van der Waals surface area (Å²) in [6.45, 7) is 4.22. The Hall–Kier alpha value is -2.22. The molecule has 0 aliphatic rings. The van der Waals surface area contributed by atoms with Gasteiger partial charge in [-0.25, -0.2) is 0 Å². The lowest BCUT2D eigenvalue weighted by molar-refractivity contribution is 0.359. The van der Waals surface area contributed by atoms with Gasteiger partial charge in [0.2, 0.25) is 0 Å². The van der Waals surface area contributed by atoms with Crippen LogP contribution in [-0.4, -0.2) is 13.7 Å². The molecule has 0 saturated carbocycles. The molecule has 0 fully saturated rings. The van der Waals surface area contributed by atoms with E-state index in [1.165, 1.54) is 11.1 Å². The summed E-state index contributed by atoms with van der Waals surface area (Å²) in [5.41, 5.74) is 2.52. The van der Waals surface area contributed by atoms with Crippen LogP contribution in [0.2, 0.25) is 0 Å². The highest BCUT2D eigenvalue weighted by atomic mass is 16.5. The first-order chi connectivity index (χ1) is 9.83. The van der Waals surface area contributed by atoms with Crippen molar-refractivity contribution >= 4 is 0 Å². The van der Waals surface area contributed by atoms with Gasteiger partial charge in [-0.3, -0.25) is 0 Å². The molecule has 0 N–H and O–H groups in total. The molecule has 2 heteroatoms. The molecule has 0 amide bonds. The van der Waals surface area contributed by atoms with E-state index in [1.54, 1.807) is 13.2 Å². The second kappa shape index (κ2) is 7.39. The third-order valence-corrected chi connectivity index (χ3v) is 3.17. The number of hydrogen-bond acceptors (Lipinski definition) is 2. The van der Waals surface area contributed by atoms with Gasteiger partial charge in [-0.2, -0.15) is 0 Å². The Kier molecular flexibility index (Phi) is 5.24. The van der Waals surface area contributed by atoms with Gasteiger partial charge in [-0.1, -0.05) is 43.0 Å². The number of methoxy groups -OCH3 is 1. The third-order valence-electron chi connectivity index (χ3n) is 3.17. The van der Waals surface area contributed by atoms with Crippen LogP contribution in [0.4, 0.5) is 0 Å². The molecule has 2 aromatic rings. The van der Waals surface area contributed by atoms with E-state index in [-0.39, 0.29) is 0 Å². The number of hydrogen-bond donors (Lipinski definition) is 0. The molecule has 20 heavy (non-hydrogen) atoms. The van der Waals surface area contributed by atoms with Crippen LogP contribution in [0.1, 0.15) is 11.1 Å². The summed E-state index contributed by atoms with van der Waals surface area (Å²) < 4.78 is 10.8. The maximum atomic E-state index is 5.67. The van der Waals surface area contributed by atoms with Gasteiger partial charge in [0.15, 0.2) is 0 Å². The molecule has 0 aliphatic carbocycles. The van der Waals surface area contributed by atoms with Crippen molar-refractivity contribution in [3.63, 3.8) is 0 Å². The fraction of sp³-hybridized carbons (Fsp3) is 0.222. The van der Waals surface area contributed by atoms with Gasteiger partial charge in [-0.15, -0.1) is 0 Å². The predicted octanol–water partition coefficient (Wildman–Crippen LogP) is 4.05. The van der Waals surface area contributed by atoms with Crippen molar-refractivity contribution in [2.24, 2.45) is 0 Å². The van der Waals surface area contributed by atoms with Crippen molar-refractivity contribution in [1.29, 1.82) is 0 Å². The molecule has 2 rings (SSSR count). The van der Waals surface area contributed by atoms with Gasteiger partial charge in [0, 0.05) is 0 Å². The van der Waals surface area contributed by atoms with Crippen LogP contribution < -0.4 is 9.47 Å². The first-order valence-electron chi connectivity index (χ1n) is 6.78. The maximum Gasteiger partial charge on any atom is 0.122 e. The highest BCUT2D eigenvalue weighted by Gasteiger charge is 2.03. The predicted molar refractivity (Wildman–Crippen MR) is 82.5 cm³/mol. The third kappa shape index (κ3) is 3.89. The summed E-state index contributed by atoms with van der Waals surface area (Å²) >= 11 is 0. The fourth-order valence-corrected chi connectivity index (χ4v) is 2.07. The summed E-state index contributed by atoms with van der Waals surface area (Å²) in [5, 5.41) is 0. The second-order valence-corrected chi connectivity index (χ2v) is 4.56. The highest BCUT2D eigenvalue weighted by Crippen LogP contribution is 2.20. The van der Waals surface area contributed by atoms with E-state index in [0.29, 0.717) is 6.61 Å². The number of para-hydroxylation sites is 1. The second-order valence-electron chi connectivity index (χ2n) is 4.56. The zero-order chi connectivity index (χ0) is 14.2. The normalized spacial score (nSPS) is 10.1. The van der Waals surface area contributed by atoms with Crippen LogP contribution in [0.25, 0.3) is 0 Å². The Labute approximate surface area is 120 Å². The van der Waals surface area contributed by atoms with Gasteiger partial charge in [0.25, 0.3) is 0 Å². The molecular weight excluding hydrogens is 248 g/mol. The summed E-state index contributed by atoms with van der Waals surface area (Å²) in [4.78, 5) is 0. The van der Waals surface area contributed by atoms with Crippen molar-refractivity contribution in [2.75, 3.05) is 13.7 Å². The lowest BCUT2D eigenvalue weighted by atomic mass is 10.0. The maximum absolute atomic E-state index is 5.67. The zero-order valence-corrected chi connectivity index (χ0v) is 11.8. The van der Waals surface area contributed by atoms with Gasteiger partial charge in [0.05, 0.1) is 7.11 Å². The minimum absolute atomic E-state index is 0.541. The molecule has 0 atom stereocenters. The van der Waals surface area contributed by atoms with E-state index < -0.39 is 0 Å². The van der Waals surface area contributed by atoms with Crippen LogP contribution in [0, 0.1) is 0 Å². The lowest BCUT2D eigenvalue weighted by Crippen LogP contribution is -1.99. The van der Waals surface area contributed by atoms with Crippen LogP contribution in [0.15, 0.2) is 61.2 Å². The minimum atomic E-state index is 0.541. The van der Waals surface area contributed by atoms with Crippen LogP contribution >= 0.6 is 0 Å². The minimum Gasteiger partial charge on any atom is -0.497 e. The Morgan fingerprint density at radius 1 is 1.00 bits per heavy atom. The topological polar surface area (TPSA) is 18.5 Å². The monoisotopic (exact) mass is 268 g/mol. The van der Waals surface area contributed by atoms with E-state index in [2.05, 4.69) is 24.8 Å². The zero-order valence-electron chi connectivity index (χ0n) is 11.8. The Morgan fingerprint density at radius 2 is 1.75 bits per heavy atom. The first kappa shape index (κ1) is 14.2. The number of aryl methyl sites for hydroxylation is 2. The Morgan fingerprint density at radius 3 is 2.45 bits per heavy atom. The molecule has 0 heterocycles.